The average molecular weight is 279 g/mol. The van der Waals surface area contributed by atoms with Crippen LogP contribution in [0.1, 0.15) is 6.92 Å². The number of nitrogens with zero attached hydrogens (tertiary/aromatic N) is 2. The molecule has 20 heavy (non-hydrogen) atoms. The SMILES string of the molecule is CCN(C(N)=O)C(=O)N(NC(=O)NC)c1ccccc1. The first-order valence-corrected chi connectivity index (χ1v) is 5.95. The summed E-state index contributed by atoms with van der Waals surface area (Å²) in [5.74, 6) is 0. The van der Waals surface area contributed by atoms with Crippen molar-refractivity contribution in [1.82, 2.24) is 15.6 Å². The molecule has 1 aromatic rings. The lowest BCUT2D eigenvalue weighted by Gasteiger charge is -2.27. The molecule has 0 atom stereocenters. The van der Waals surface area contributed by atoms with E-state index in [1.54, 1.807) is 37.3 Å². The second-order valence-electron chi connectivity index (χ2n) is 3.73. The lowest BCUT2D eigenvalue weighted by atomic mass is 10.3. The van der Waals surface area contributed by atoms with Crippen molar-refractivity contribution >= 4 is 23.8 Å². The number of hydrazine groups is 1. The fraction of sp³-hybridized carbons (Fsp3) is 0.250. The van der Waals surface area contributed by atoms with Crippen LogP contribution in [0.4, 0.5) is 20.1 Å². The molecule has 108 valence electrons. The maximum Gasteiger partial charge on any atom is 0.351 e. The van der Waals surface area contributed by atoms with Gasteiger partial charge in [0.05, 0.1) is 5.69 Å². The van der Waals surface area contributed by atoms with Crippen LogP contribution in [0.2, 0.25) is 0 Å². The second-order valence-corrected chi connectivity index (χ2v) is 3.73. The molecule has 6 amide bonds. The topological polar surface area (TPSA) is 108 Å². The molecule has 0 fully saturated rings. The number of amides is 6. The maximum absolute atomic E-state index is 12.3. The van der Waals surface area contributed by atoms with Crippen molar-refractivity contribution in [2.24, 2.45) is 5.73 Å². The highest BCUT2D eigenvalue weighted by Gasteiger charge is 2.26. The third-order valence-corrected chi connectivity index (χ3v) is 2.46. The van der Waals surface area contributed by atoms with Gasteiger partial charge in [0.2, 0.25) is 0 Å². The van der Waals surface area contributed by atoms with Crippen LogP contribution in [-0.4, -0.2) is 36.6 Å². The van der Waals surface area contributed by atoms with Crippen molar-refractivity contribution < 1.29 is 14.4 Å². The minimum absolute atomic E-state index is 0.0902. The van der Waals surface area contributed by atoms with Crippen LogP contribution in [-0.2, 0) is 0 Å². The maximum atomic E-state index is 12.3. The number of imide groups is 1. The molecule has 0 bridgehead atoms. The number of carbonyl (C=O) groups is 3. The Morgan fingerprint density at radius 1 is 1.20 bits per heavy atom. The molecule has 8 nitrogen and oxygen atoms in total. The van der Waals surface area contributed by atoms with E-state index in [9.17, 15) is 14.4 Å². The molecular weight excluding hydrogens is 262 g/mol. The van der Waals surface area contributed by atoms with Crippen molar-refractivity contribution in [3.8, 4) is 0 Å². The van der Waals surface area contributed by atoms with Crippen molar-refractivity contribution in [2.45, 2.75) is 6.92 Å². The predicted molar refractivity (Wildman–Crippen MR) is 73.9 cm³/mol. The molecule has 0 saturated heterocycles. The summed E-state index contributed by atoms with van der Waals surface area (Å²) in [6, 6.07) is 6.15. The number of nitrogens with two attached hydrogens (primary N) is 1. The molecule has 1 aromatic carbocycles. The van der Waals surface area contributed by atoms with Crippen LogP contribution in [0.5, 0.6) is 0 Å². The van der Waals surface area contributed by atoms with Gasteiger partial charge in [-0.25, -0.2) is 29.7 Å². The molecule has 4 N–H and O–H groups in total. The molecule has 0 spiro atoms. The van der Waals surface area contributed by atoms with E-state index >= 15 is 0 Å². The minimum atomic E-state index is -0.892. The zero-order valence-electron chi connectivity index (χ0n) is 11.3. The number of hydrogen-bond donors (Lipinski definition) is 3. The number of anilines is 1. The summed E-state index contributed by atoms with van der Waals surface area (Å²) in [6.45, 7) is 1.69. The quantitative estimate of drug-likeness (QED) is 0.698. The highest BCUT2D eigenvalue weighted by atomic mass is 16.2. The van der Waals surface area contributed by atoms with Gasteiger partial charge in [-0.1, -0.05) is 18.2 Å². The van der Waals surface area contributed by atoms with Gasteiger partial charge in [-0.05, 0) is 19.1 Å². The summed E-state index contributed by atoms with van der Waals surface area (Å²) in [4.78, 5) is 35.8. The normalized spacial score (nSPS) is 9.50. The average Bonchev–Trinajstić information content (AvgIpc) is 2.45. The van der Waals surface area contributed by atoms with Gasteiger partial charge in [-0.3, -0.25) is 0 Å². The van der Waals surface area contributed by atoms with Crippen LogP contribution in [0.25, 0.3) is 0 Å². The Bertz CT molecular complexity index is 491. The molecular formula is C12H17N5O3. The Kier molecular flexibility index (Phi) is 5.33. The predicted octanol–water partition coefficient (Wildman–Crippen LogP) is 0.858. The molecule has 0 heterocycles. The highest BCUT2D eigenvalue weighted by molar-refractivity contribution is 6.02. The highest BCUT2D eigenvalue weighted by Crippen LogP contribution is 2.13. The number of carbonyl (C=O) groups excluding carboxylic acids is 3. The Hall–Kier alpha value is -2.77. The number of rotatable bonds is 2. The first-order valence-electron chi connectivity index (χ1n) is 5.95. The van der Waals surface area contributed by atoms with Gasteiger partial charge in [0.1, 0.15) is 0 Å². The first kappa shape index (κ1) is 15.3. The molecule has 0 aliphatic rings. The van der Waals surface area contributed by atoms with Crippen LogP contribution in [0.15, 0.2) is 30.3 Å². The lowest BCUT2D eigenvalue weighted by molar-refractivity contribution is 0.194. The third-order valence-electron chi connectivity index (χ3n) is 2.46. The van der Waals surface area contributed by atoms with E-state index in [0.717, 1.165) is 9.91 Å². The van der Waals surface area contributed by atoms with Gasteiger partial charge in [-0.15, -0.1) is 0 Å². The third kappa shape index (κ3) is 3.61. The summed E-state index contributed by atoms with van der Waals surface area (Å²) in [5, 5.41) is 3.28. The van der Waals surface area contributed by atoms with E-state index in [2.05, 4.69) is 10.7 Å². The smallest absolute Gasteiger partial charge is 0.351 e. The fourth-order valence-electron chi connectivity index (χ4n) is 1.46. The van der Waals surface area contributed by atoms with E-state index in [-0.39, 0.29) is 6.54 Å². The Balaban J connectivity index is 3.07. The van der Waals surface area contributed by atoms with Crippen molar-refractivity contribution in [3.05, 3.63) is 30.3 Å². The standard InChI is InChI=1S/C12H17N5O3/c1-3-16(10(13)18)12(20)17(15-11(19)14-2)9-7-5-4-6-8-9/h4-8H,3H2,1-2H3,(H2,13,18)(H2,14,15,19). The summed E-state index contributed by atoms with van der Waals surface area (Å²) >= 11 is 0. The van der Waals surface area contributed by atoms with E-state index < -0.39 is 18.1 Å². The summed E-state index contributed by atoms with van der Waals surface area (Å²) < 4.78 is 0. The van der Waals surface area contributed by atoms with Gasteiger partial charge in [0.25, 0.3) is 0 Å². The summed E-state index contributed by atoms with van der Waals surface area (Å²) in [7, 11) is 1.41. The second kappa shape index (κ2) is 6.98. The van der Waals surface area contributed by atoms with E-state index in [1.165, 1.54) is 7.05 Å². The number of hydrogen-bond acceptors (Lipinski definition) is 3. The Morgan fingerprint density at radius 3 is 2.25 bits per heavy atom. The van der Waals surface area contributed by atoms with Crippen LogP contribution in [0, 0.1) is 0 Å². The zero-order valence-corrected chi connectivity index (χ0v) is 11.3. The van der Waals surface area contributed by atoms with Crippen LogP contribution < -0.4 is 21.5 Å². The van der Waals surface area contributed by atoms with Gasteiger partial charge in [-0.2, -0.15) is 0 Å². The molecule has 0 aliphatic carbocycles. The van der Waals surface area contributed by atoms with Gasteiger partial charge in [0, 0.05) is 13.6 Å². The monoisotopic (exact) mass is 279 g/mol. The molecule has 0 radical (unpaired) electrons. The lowest BCUT2D eigenvalue weighted by Crippen LogP contribution is -2.56. The van der Waals surface area contributed by atoms with E-state index in [0.29, 0.717) is 5.69 Å². The Labute approximate surface area is 116 Å². The minimum Gasteiger partial charge on any atom is -0.351 e. The van der Waals surface area contributed by atoms with Gasteiger partial charge < -0.3 is 11.1 Å². The fourth-order valence-corrected chi connectivity index (χ4v) is 1.46. The van der Waals surface area contributed by atoms with Crippen molar-refractivity contribution in [2.75, 3.05) is 18.6 Å². The Morgan fingerprint density at radius 2 is 1.80 bits per heavy atom. The number of nitrogens with one attached hydrogen (secondary N) is 2. The number of para-hydroxylation sites is 1. The van der Waals surface area contributed by atoms with E-state index in [1.807, 2.05) is 0 Å². The number of primary amides is 1. The van der Waals surface area contributed by atoms with Gasteiger partial charge in [0.15, 0.2) is 0 Å². The van der Waals surface area contributed by atoms with E-state index in [4.69, 9.17) is 5.73 Å². The zero-order chi connectivity index (χ0) is 15.1. The van der Waals surface area contributed by atoms with Crippen LogP contribution in [0.3, 0.4) is 0 Å². The van der Waals surface area contributed by atoms with Crippen LogP contribution >= 0.6 is 0 Å². The molecule has 0 unspecified atom stereocenters. The summed E-state index contributed by atoms with van der Waals surface area (Å²) in [5.41, 5.74) is 7.88. The molecule has 0 saturated carbocycles. The summed E-state index contributed by atoms with van der Waals surface area (Å²) in [6.07, 6.45) is 0. The van der Waals surface area contributed by atoms with Crippen molar-refractivity contribution in [3.63, 3.8) is 0 Å². The molecule has 0 aliphatic heterocycles. The molecule has 8 heteroatoms. The van der Waals surface area contributed by atoms with Crippen molar-refractivity contribution in [1.29, 1.82) is 0 Å². The molecule has 1 rings (SSSR count). The van der Waals surface area contributed by atoms with Gasteiger partial charge >= 0.3 is 18.1 Å². The first-order chi connectivity index (χ1) is 9.51. The number of benzene rings is 1. The largest absolute Gasteiger partial charge is 0.351 e. The number of urea groups is 3. The molecule has 0 aromatic heterocycles.